The molecule has 0 aromatic carbocycles. The molecular weight excluding hydrogens is 633 g/mol. The topological polar surface area (TPSA) is 102 Å². The third-order valence-corrected chi connectivity index (χ3v) is 5.22. The van der Waals surface area contributed by atoms with Crippen molar-refractivity contribution in [2.75, 3.05) is 0 Å². The fraction of sp³-hybridized carbons (Fsp3) is 0.727. The van der Waals surface area contributed by atoms with Crippen LogP contribution < -0.4 is 0 Å². The molecule has 40 heavy (non-hydrogen) atoms. The van der Waals surface area contributed by atoms with Crippen LogP contribution in [0.3, 0.4) is 0 Å². The van der Waals surface area contributed by atoms with E-state index in [1.54, 1.807) is 0 Å². The number of hydrogen-bond donors (Lipinski definition) is 0. The van der Waals surface area contributed by atoms with Gasteiger partial charge in [0.15, 0.2) is 0 Å². The number of Topliss-reactive ketones (excluding diaryl/α,β-unsaturated/α-hetero) is 6. The summed E-state index contributed by atoms with van der Waals surface area (Å²) in [6.45, 7) is 32.5. The van der Waals surface area contributed by atoms with Gasteiger partial charge in [0.2, 0.25) is 0 Å². The smallest absolute Gasteiger partial charge is 0.333 e. The summed E-state index contributed by atoms with van der Waals surface area (Å²) in [5, 5.41) is 0. The Balaban J connectivity index is -0.000000240. The van der Waals surface area contributed by atoms with Crippen molar-refractivity contribution in [1.82, 2.24) is 0 Å². The van der Waals surface area contributed by atoms with E-state index in [0.717, 1.165) is 0 Å². The van der Waals surface area contributed by atoms with Gasteiger partial charge in [0.05, 0.1) is 0 Å². The zero-order valence-corrected chi connectivity index (χ0v) is 32.5. The zero-order valence-electron chi connectivity index (χ0n) is 28.8. The number of carbonyl (C=O) groups is 6. The van der Waals surface area contributed by atoms with E-state index < -0.39 is 32.5 Å². The maximum absolute atomic E-state index is 11.4. The van der Waals surface area contributed by atoms with Gasteiger partial charge in [0, 0.05) is 34.7 Å². The molecule has 0 aliphatic heterocycles. The summed E-state index contributed by atoms with van der Waals surface area (Å²) in [7, 11) is 0. The Labute approximate surface area is 279 Å². The summed E-state index contributed by atoms with van der Waals surface area (Å²) < 4.78 is 0. The van der Waals surface area contributed by atoms with Crippen LogP contribution in [0.1, 0.15) is 125 Å². The van der Waals surface area contributed by atoms with Crippen molar-refractivity contribution in [2.45, 2.75) is 125 Å². The van der Waals surface area contributed by atoms with E-state index in [1.165, 1.54) is 19.3 Å². The summed E-state index contributed by atoms with van der Waals surface area (Å²) >= 11 is 0. The zero-order chi connectivity index (χ0) is 32.6. The molecule has 0 spiro atoms. The molecule has 0 fully saturated rings. The molecule has 0 N–H and O–H groups in total. The second-order valence-electron chi connectivity index (χ2n) is 16.1. The van der Waals surface area contributed by atoms with Crippen LogP contribution in [0.15, 0.2) is 0 Å². The summed E-state index contributed by atoms with van der Waals surface area (Å²) in [6, 6.07) is 0. The van der Waals surface area contributed by atoms with Crippen LogP contribution in [-0.2, 0) is 28.8 Å². The van der Waals surface area contributed by atoms with E-state index in [9.17, 15) is 28.8 Å². The first-order chi connectivity index (χ1) is 16.6. The van der Waals surface area contributed by atoms with E-state index in [2.05, 4.69) is 0 Å². The molecule has 0 heterocycles. The Morgan fingerprint density at radius 1 is 0.275 bits per heavy atom. The van der Waals surface area contributed by atoms with Gasteiger partial charge in [-0.3, -0.25) is 19.3 Å². The second kappa shape index (κ2) is 16.6. The minimum atomic E-state index is -0.457. The quantitative estimate of drug-likeness (QED) is 0.215. The summed E-state index contributed by atoms with van der Waals surface area (Å²) in [4.78, 5) is 68.7. The second-order valence-corrected chi connectivity index (χ2v) is 16.1. The molecule has 0 bridgehead atoms. The number of hydrogen-bond acceptors (Lipinski definition) is 6. The Morgan fingerprint density at radius 2 is 0.350 bits per heavy atom. The van der Waals surface area contributed by atoms with Crippen molar-refractivity contribution < 1.29 is 70.1 Å². The standard InChI is InChI=1S/3C11H19O2.Pr/c3*1-10(2,3)8(12)7-9(13)11(4,5)6;/h3*7H,1-6H3;/q3*-1;+3. The van der Waals surface area contributed by atoms with Crippen LogP contribution in [0.5, 0.6) is 0 Å². The SMILES string of the molecule is CC(C)(C)C(=O)[CH-]C(=O)C(C)(C)C.CC(C)(C)C(=O)[CH-]C(=O)C(C)(C)C.CC(C)(C)C(=O)[CH-]C(=O)C(C)(C)C.[Pr+3]. The predicted molar refractivity (Wildman–Crippen MR) is 160 cm³/mol. The van der Waals surface area contributed by atoms with Gasteiger partial charge < -0.3 is 28.8 Å². The summed E-state index contributed by atoms with van der Waals surface area (Å²) in [6.07, 6.45) is 3.67. The largest absolute Gasteiger partial charge is 3.00 e. The Kier molecular flexibility index (Phi) is 19.1. The molecule has 0 saturated heterocycles. The Hall–Kier alpha value is -1.01. The predicted octanol–water partition coefficient (Wildman–Crippen LogP) is 7.26. The summed E-state index contributed by atoms with van der Waals surface area (Å²) in [5.41, 5.74) is -2.74. The minimum absolute atomic E-state index is 0. The van der Waals surface area contributed by atoms with Crippen LogP contribution in [0, 0.1) is 93.0 Å². The molecule has 0 aromatic rings. The van der Waals surface area contributed by atoms with Crippen LogP contribution in [0.4, 0.5) is 0 Å². The van der Waals surface area contributed by atoms with E-state index >= 15 is 0 Å². The molecule has 7 heteroatoms. The van der Waals surface area contributed by atoms with Crippen molar-refractivity contribution in [3.63, 3.8) is 0 Å². The molecule has 0 aliphatic rings. The van der Waals surface area contributed by atoms with Gasteiger partial charge in [0.1, 0.15) is 0 Å². The average Bonchev–Trinajstić information content (AvgIpc) is 2.64. The molecule has 6 nitrogen and oxygen atoms in total. The minimum Gasteiger partial charge on any atom is -0.333 e. The molecule has 0 aromatic heterocycles. The first-order valence-electron chi connectivity index (χ1n) is 13.5. The van der Waals surface area contributed by atoms with Gasteiger partial charge in [-0.25, -0.2) is 0 Å². The van der Waals surface area contributed by atoms with Gasteiger partial charge in [-0.2, -0.15) is 0 Å². The molecule has 0 unspecified atom stereocenters. The maximum atomic E-state index is 11.4. The van der Waals surface area contributed by atoms with E-state index in [0.29, 0.717) is 0 Å². The van der Waals surface area contributed by atoms with Gasteiger partial charge in [-0.05, 0) is 32.5 Å². The fourth-order valence-electron chi connectivity index (χ4n) is 1.66. The first kappa shape index (κ1) is 46.0. The summed E-state index contributed by atoms with van der Waals surface area (Å²) in [5.74, 6) is -0.625. The molecule has 0 saturated carbocycles. The van der Waals surface area contributed by atoms with Crippen molar-refractivity contribution >= 4 is 34.7 Å². The molecule has 228 valence electrons. The number of carbonyl (C=O) groups excluding carboxylic acids is 6. The van der Waals surface area contributed by atoms with Gasteiger partial charge in [-0.1, -0.05) is 125 Å². The molecule has 0 amide bonds. The van der Waals surface area contributed by atoms with E-state index in [4.69, 9.17) is 0 Å². The number of rotatable bonds is 6. The first-order valence-corrected chi connectivity index (χ1v) is 13.5. The normalized spacial score (nSPS) is 12.2. The van der Waals surface area contributed by atoms with Crippen LogP contribution in [-0.4, -0.2) is 34.7 Å². The van der Waals surface area contributed by atoms with Gasteiger partial charge in [-0.15, -0.1) is 0 Å². The Bertz CT molecular complexity index is 693. The fourth-order valence-corrected chi connectivity index (χ4v) is 1.66. The van der Waals surface area contributed by atoms with Crippen molar-refractivity contribution in [3.8, 4) is 0 Å². The van der Waals surface area contributed by atoms with E-state index in [1.807, 2.05) is 125 Å². The van der Waals surface area contributed by atoms with E-state index in [-0.39, 0.29) is 76.0 Å². The monoisotopic (exact) mass is 690 g/mol. The average molecular weight is 691 g/mol. The number of ketones is 6. The molecular formula is C33H57O6Pr. The maximum Gasteiger partial charge on any atom is 3.00 e. The molecule has 0 rings (SSSR count). The Morgan fingerprint density at radius 3 is 0.400 bits per heavy atom. The third-order valence-electron chi connectivity index (χ3n) is 5.22. The van der Waals surface area contributed by atoms with Crippen LogP contribution in [0.25, 0.3) is 0 Å². The van der Waals surface area contributed by atoms with Crippen LogP contribution >= 0.6 is 0 Å². The molecule has 0 radical (unpaired) electrons. The van der Waals surface area contributed by atoms with Gasteiger partial charge in [0.25, 0.3) is 0 Å². The van der Waals surface area contributed by atoms with Crippen molar-refractivity contribution in [3.05, 3.63) is 19.3 Å². The third kappa shape index (κ3) is 21.7. The van der Waals surface area contributed by atoms with Crippen LogP contribution in [0.2, 0.25) is 0 Å². The van der Waals surface area contributed by atoms with Crippen molar-refractivity contribution in [1.29, 1.82) is 0 Å². The molecule has 0 atom stereocenters. The van der Waals surface area contributed by atoms with Gasteiger partial charge >= 0.3 is 41.3 Å². The van der Waals surface area contributed by atoms with Crippen molar-refractivity contribution in [2.24, 2.45) is 32.5 Å². The molecule has 0 aliphatic carbocycles.